The van der Waals surface area contributed by atoms with Gasteiger partial charge < -0.3 is 9.64 Å². The average Bonchev–Trinajstić information content (AvgIpc) is 2.75. The summed E-state index contributed by atoms with van der Waals surface area (Å²) in [5.74, 6) is 1.34. The van der Waals surface area contributed by atoms with Gasteiger partial charge in [-0.25, -0.2) is 4.98 Å². The summed E-state index contributed by atoms with van der Waals surface area (Å²) in [6.07, 6.45) is 3.51. The van der Waals surface area contributed by atoms with Gasteiger partial charge in [0.25, 0.3) is 0 Å². The molecule has 0 aliphatic carbocycles. The Balaban J connectivity index is 1.44. The van der Waals surface area contributed by atoms with Gasteiger partial charge in [-0.2, -0.15) is 10.1 Å². The number of hydrogen-bond acceptors (Lipinski definition) is 6. The molecule has 2 heterocycles. The summed E-state index contributed by atoms with van der Waals surface area (Å²) in [6.45, 7) is 2.99. The fourth-order valence-corrected chi connectivity index (χ4v) is 3.07. The van der Waals surface area contributed by atoms with Gasteiger partial charge in [0.15, 0.2) is 5.82 Å². The molecule has 0 atom stereocenters. The number of halogens is 1. The number of hydrogen-bond donors (Lipinski definition) is 1. The molecule has 1 saturated heterocycles. The maximum atomic E-state index is 5.97. The van der Waals surface area contributed by atoms with E-state index in [-0.39, 0.29) is 0 Å². The lowest BCUT2D eigenvalue weighted by Crippen LogP contribution is -2.37. The Labute approximate surface area is 168 Å². The maximum absolute atomic E-state index is 5.97. The molecule has 28 heavy (non-hydrogen) atoms. The van der Waals surface area contributed by atoms with Gasteiger partial charge in [0, 0.05) is 30.4 Å². The third-order valence-electron chi connectivity index (χ3n) is 4.39. The summed E-state index contributed by atoms with van der Waals surface area (Å²) in [4.78, 5) is 11.0. The predicted octanol–water partition coefficient (Wildman–Crippen LogP) is 4.08. The van der Waals surface area contributed by atoms with Gasteiger partial charge in [0.1, 0.15) is 0 Å². The van der Waals surface area contributed by atoms with Crippen LogP contribution in [-0.4, -0.2) is 42.5 Å². The van der Waals surface area contributed by atoms with Crippen molar-refractivity contribution in [1.29, 1.82) is 0 Å². The lowest BCUT2D eigenvalue weighted by atomic mass is 10.0. The first-order valence-electron chi connectivity index (χ1n) is 9.09. The highest BCUT2D eigenvalue weighted by atomic mass is 35.5. The minimum Gasteiger partial charge on any atom is -0.378 e. The molecule has 7 heteroatoms. The summed E-state index contributed by atoms with van der Waals surface area (Å²) >= 11 is 5.97. The second kappa shape index (κ2) is 8.82. The van der Waals surface area contributed by atoms with E-state index in [4.69, 9.17) is 16.3 Å². The Morgan fingerprint density at radius 1 is 1.04 bits per heavy atom. The first-order chi connectivity index (χ1) is 13.8. The van der Waals surface area contributed by atoms with E-state index >= 15 is 0 Å². The maximum Gasteiger partial charge on any atom is 0.227 e. The number of nitrogens with zero attached hydrogens (tertiary/aromatic N) is 4. The zero-order valence-electron chi connectivity index (χ0n) is 15.3. The van der Waals surface area contributed by atoms with Crippen molar-refractivity contribution < 1.29 is 4.74 Å². The smallest absolute Gasteiger partial charge is 0.227 e. The van der Waals surface area contributed by atoms with E-state index < -0.39 is 0 Å². The minimum absolute atomic E-state index is 0.654. The molecule has 0 bridgehead atoms. The Kier molecular flexibility index (Phi) is 5.80. The van der Waals surface area contributed by atoms with Crippen LogP contribution in [0.5, 0.6) is 0 Å². The molecule has 1 N–H and O–H groups in total. The third kappa shape index (κ3) is 4.65. The lowest BCUT2D eigenvalue weighted by Gasteiger charge is -2.26. The first-order valence-corrected chi connectivity index (χ1v) is 9.46. The summed E-state index contributed by atoms with van der Waals surface area (Å²) in [5.41, 5.74) is 6.19. The molecule has 1 fully saturated rings. The number of rotatable bonds is 5. The van der Waals surface area contributed by atoms with Crippen molar-refractivity contribution in [1.82, 2.24) is 9.97 Å². The van der Waals surface area contributed by atoms with Crippen molar-refractivity contribution in [2.24, 2.45) is 5.10 Å². The van der Waals surface area contributed by atoms with Crippen molar-refractivity contribution in [3.8, 4) is 11.1 Å². The molecule has 0 spiro atoms. The van der Waals surface area contributed by atoms with Crippen molar-refractivity contribution in [2.75, 3.05) is 36.6 Å². The van der Waals surface area contributed by atoms with Gasteiger partial charge in [-0.05, 0) is 34.9 Å². The molecular weight excluding hydrogens is 374 g/mol. The van der Waals surface area contributed by atoms with Crippen LogP contribution >= 0.6 is 11.6 Å². The van der Waals surface area contributed by atoms with Crippen LogP contribution < -0.4 is 10.3 Å². The van der Waals surface area contributed by atoms with Gasteiger partial charge in [0.2, 0.25) is 5.95 Å². The third-order valence-corrected chi connectivity index (χ3v) is 4.65. The molecule has 142 valence electrons. The van der Waals surface area contributed by atoms with Gasteiger partial charge in [-0.15, -0.1) is 0 Å². The van der Waals surface area contributed by atoms with Crippen LogP contribution in [0.3, 0.4) is 0 Å². The van der Waals surface area contributed by atoms with Gasteiger partial charge in [0.05, 0.1) is 19.4 Å². The van der Waals surface area contributed by atoms with Crippen LogP contribution in [0.15, 0.2) is 65.9 Å². The molecule has 3 aromatic rings. The second-order valence-corrected chi connectivity index (χ2v) is 6.78. The summed E-state index contributed by atoms with van der Waals surface area (Å²) in [6, 6.07) is 17.7. The number of nitrogens with one attached hydrogen (secondary N) is 1. The van der Waals surface area contributed by atoms with Gasteiger partial charge in [-0.3, -0.25) is 5.43 Å². The van der Waals surface area contributed by atoms with Crippen molar-refractivity contribution in [2.45, 2.75) is 0 Å². The largest absolute Gasteiger partial charge is 0.378 e. The molecule has 0 saturated carbocycles. The number of aromatic nitrogens is 2. The molecule has 0 unspecified atom stereocenters. The molecule has 0 radical (unpaired) electrons. The van der Waals surface area contributed by atoms with E-state index in [1.54, 1.807) is 18.5 Å². The summed E-state index contributed by atoms with van der Waals surface area (Å²) in [5, 5.41) is 5.05. The summed E-state index contributed by atoms with van der Waals surface area (Å²) in [7, 11) is 0. The van der Waals surface area contributed by atoms with Crippen LogP contribution in [0.2, 0.25) is 5.02 Å². The quantitative estimate of drug-likeness (QED) is 0.522. The van der Waals surface area contributed by atoms with Crippen molar-refractivity contribution >= 4 is 29.6 Å². The fourth-order valence-electron chi connectivity index (χ4n) is 2.94. The topological polar surface area (TPSA) is 62.6 Å². The van der Waals surface area contributed by atoms with E-state index in [1.165, 1.54) is 0 Å². The Morgan fingerprint density at radius 2 is 1.86 bits per heavy atom. The normalized spacial score (nSPS) is 14.4. The highest BCUT2D eigenvalue weighted by Gasteiger charge is 2.13. The van der Waals surface area contributed by atoms with Crippen molar-refractivity contribution in [3.05, 3.63) is 71.4 Å². The van der Waals surface area contributed by atoms with Crippen LogP contribution in [-0.2, 0) is 4.74 Å². The minimum atomic E-state index is 0.654. The van der Waals surface area contributed by atoms with Gasteiger partial charge >= 0.3 is 0 Å². The molecule has 2 aromatic carbocycles. The molecule has 1 aromatic heterocycles. The summed E-state index contributed by atoms with van der Waals surface area (Å²) < 4.78 is 5.37. The molecule has 1 aliphatic rings. The number of morpholine rings is 1. The second-order valence-electron chi connectivity index (χ2n) is 6.34. The number of benzene rings is 2. The van der Waals surface area contributed by atoms with Gasteiger partial charge in [-0.1, -0.05) is 41.9 Å². The Bertz CT molecular complexity index is 955. The molecule has 0 amide bonds. The number of ether oxygens (including phenoxy) is 1. The van der Waals surface area contributed by atoms with Crippen LogP contribution in [0.25, 0.3) is 11.1 Å². The highest BCUT2D eigenvalue weighted by Crippen LogP contribution is 2.22. The van der Waals surface area contributed by atoms with E-state index in [0.717, 1.165) is 34.8 Å². The number of anilines is 2. The van der Waals surface area contributed by atoms with Crippen molar-refractivity contribution in [3.63, 3.8) is 0 Å². The Hall–Kier alpha value is -2.96. The average molecular weight is 394 g/mol. The lowest BCUT2D eigenvalue weighted by molar-refractivity contribution is 0.122. The van der Waals surface area contributed by atoms with Crippen LogP contribution in [0, 0.1) is 0 Å². The zero-order valence-corrected chi connectivity index (χ0v) is 16.0. The van der Waals surface area contributed by atoms with Crippen LogP contribution in [0.1, 0.15) is 5.56 Å². The Morgan fingerprint density at radius 3 is 2.68 bits per heavy atom. The molecule has 6 nitrogen and oxygen atoms in total. The molecule has 1 aliphatic heterocycles. The van der Waals surface area contributed by atoms with Crippen LogP contribution in [0.4, 0.5) is 11.8 Å². The van der Waals surface area contributed by atoms with E-state index in [2.05, 4.69) is 37.5 Å². The monoisotopic (exact) mass is 393 g/mol. The SMILES string of the molecule is Clc1ccc(-c2cccc(/C=N/Nc3ccnc(N4CCOCC4)n3)c2)cc1. The molecular formula is C21H20ClN5O. The van der Waals surface area contributed by atoms with E-state index in [0.29, 0.717) is 25.0 Å². The number of hydrazone groups is 1. The highest BCUT2D eigenvalue weighted by molar-refractivity contribution is 6.30. The van der Waals surface area contributed by atoms with E-state index in [9.17, 15) is 0 Å². The first kappa shape index (κ1) is 18.4. The predicted molar refractivity (Wildman–Crippen MR) is 113 cm³/mol. The standard InChI is InChI=1S/C21H20ClN5O/c22-19-6-4-17(5-7-19)18-3-1-2-16(14-18)15-24-26-20-8-9-23-21(25-20)27-10-12-28-13-11-27/h1-9,14-15H,10-13H2,(H,23,25,26)/b24-15+. The molecule has 4 rings (SSSR count). The fraction of sp³-hybridized carbons (Fsp3) is 0.190. The van der Waals surface area contributed by atoms with E-state index in [1.807, 2.05) is 36.4 Å². The zero-order chi connectivity index (χ0) is 19.2.